The molecule has 0 spiro atoms. The zero-order chi connectivity index (χ0) is 31.9. The van der Waals surface area contributed by atoms with Gasteiger partial charge in [-0.25, -0.2) is 4.79 Å². The molecule has 244 valence electrons. The van der Waals surface area contributed by atoms with Crippen LogP contribution in [0.1, 0.15) is 86.7 Å². The van der Waals surface area contributed by atoms with E-state index in [0.29, 0.717) is 35.3 Å². The summed E-state index contributed by atoms with van der Waals surface area (Å²) in [6.07, 6.45) is 21.1. The minimum atomic E-state index is -0.132. The van der Waals surface area contributed by atoms with Gasteiger partial charge < -0.3 is 14.8 Å². The number of carbonyl (C=O) groups excluding carboxylic acids is 1. The molecule has 2 aliphatic carbocycles. The van der Waals surface area contributed by atoms with E-state index in [1.165, 1.54) is 19.3 Å². The fourth-order valence-electron chi connectivity index (χ4n) is 6.90. The van der Waals surface area contributed by atoms with E-state index in [-0.39, 0.29) is 23.7 Å². The van der Waals surface area contributed by atoms with E-state index < -0.39 is 0 Å². The number of hydrogen-bond acceptors (Lipinski definition) is 5. The first kappa shape index (κ1) is 32.3. The summed E-state index contributed by atoms with van der Waals surface area (Å²) in [5, 5.41) is 3.63. The SMILES string of the molecule is Cc1ncc(Cl)cc1C(=O)NC1CCC(Cn2c(=O)n(C3=CCC/C=C(\OC[C@H]4CCCCCCO4)C=C3)c3ccccc32)CC1. The van der Waals surface area contributed by atoms with Crippen molar-refractivity contribution in [2.75, 3.05) is 13.2 Å². The molecule has 1 amide bonds. The topological polar surface area (TPSA) is 87.4 Å². The monoisotopic (exact) mass is 644 g/mol. The lowest BCUT2D eigenvalue weighted by Crippen LogP contribution is -2.39. The minimum Gasteiger partial charge on any atom is -0.491 e. The number of halogens is 1. The molecule has 46 heavy (non-hydrogen) atoms. The van der Waals surface area contributed by atoms with Gasteiger partial charge in [-0.3, -0.25) is 18.9 Å². The summed E-state index contributed by atoms with van der Waals surface area (Å²) in [6.45, 7) is 3.83. The largest absolute Gasteiger partial charge is 0.491 e. The maximum atomic E-state index is 14.1. The third kappa shape index (κ3) is 7.84. The molecular weight excluding hydrogens is 600 g/mol. The van der Waals surface area contributed by atoms with Gasteiger partial charge >= 0.3 is 5.69 Å². The predicted octanol–water partition coefficient (Wildman–Crippen LogP) is 7.59. The second kappa shape index (κ2) is 15.3. The highest BCUT2D eigenvalue weighted by atomic mass is 35.5. The molecule has 1 saturated carbocycles. The number of aromatic nitrogens is 3. The van der Waals surface area contributed by atoms with Crippen LogP contribution in [0.3, 0.4) is 0 Å². The highest BCUT2D eigenvalue weighted by Gasteiger charge is 2.26. The number of hydrogen-bond donors (Lipinski definition) is 1. The highest BCUT2D eigenvalue weighted by molar-refractivity contribution is 6.30. The van der Waals surface area contributed by atoms with Crippen molar-refractivity contribution in [3.05, 3.63) is 93.4 Å². The molecular formula is C37H45ClN4O4. The molecule has 1 aromatic carbocycles. The van der Waals surface area contributed by atoms with E-state index >= 15 is 0 Å². The Morgan fingerprint density at radius 1 is 1.02 bits per heavy atom. The average molecular weight is 645 g/mol. The van der Waals surface area contributed by atoms with Crippen molar-refractivity contribution >= 4 is 34.2 Å². The maximum Gasteiger partial charge on any atom is 0.333 e. The van der Waals surface area contributed by atoms with Gasteiger partial charge in [-0.15, -0.1) is 0 Å². The van der Waals surface area contributed by atoms with Gasteiger partial charge in [-0.05, 0) is 101 Å². The van der Waals surface area contributed by atoms with Crippen LogP contribution in [0.2, 0.25) is 5.02 Å². The number of aryl methyl sites for hydroxylation is 1. The summed E-state index contributed by atoms with van der Waals surface area (Å²) in [7, 11) is 0. The van der Waals surface area contributed by atoms with Gasteiger partial charge in [0, 0.05) is 31.1 Å². The van der Waals surface area contributed by atoms with Crippen LogP contribution in [0.25, 0.3) is 16.7 Å². The standard InChI is InChI=1S/C37H45ClN4O4/c1-26-33(22-28(38)23-39-26)36(43)40-29-17-15-27(16-18-29)24-41-34-13-7-8-14-35(34)42(37(41)44)30-10-5-6-11-31(20-19-30)46-25-32-12-4-2-3-9-21-45-32/h7-8,10-11,13-14,19-20,22-23,27,29,32H,2-6,9,12,15-18,21,24-25H2,1H3,(H,40,43)/b20-19?,30-10?,31-11-/t27?,29?,32-/m1/s1. The van der Waals surface area contributed by atoms with Gasteiger partial charge in [0.05, 0.1) is 33.4 Å². The number of imidazole rings is 1. The molecule has 6 rings (SSSR count). The van der Waals surface area contributed by atoms with E-state index in [1.54, 1.807) is 12.3 Å². The first-order valence-corrected chi connectivity index (χ1v) is 17.3. The fourth-order valence-corrected chi connectivity index (χ4v) is 7.06. The Hall–Kier alpha value is -3.62. The molecule has 2 aromatic heterocycles. The Kier molecular flexibility index (Phi) is 10.8. The Morgan fingerprint density at radius 3 is 2.65 bits per heavy atom. The van der Waals surface area contributed by atoms with Gasteiger partial charge in [0.1, 0.15) is 12.4 Å². The third-order valence-electron chi connectivity index (χ3n) is 9.51. The Labute approximate surface area is 276 Å². The molecule has 1 aliphatic heterocycles. The van der Waals surface area contributed by atoms with Crippen molar-refractivity contribution in [3.63, 3.8) is 0 Å². The molecule has 0 radical (unpaired) electrons. The van der Waals surface area contributed by atoms with Gasteiger partial charge in [0.2, 0.25) is 0 Å². The number of para-hydroxylation sites is 2. The van der Waals surface area contributed by atoms with Crippen LogP contribution in [0.15, 0.2) is 71.4 Å². The second-order valence-electron chi connectivity index (χ2n) is 12.8. The number of nitrogens with zero attached hydrogens (tertiary/aromatic N) is 3. The number of amides is 1. The van der Waals surface area contributed by atoms with Crippen LogP contribution >= 0.6 is 11.6 Å². The van der Waals surface area contributed by atoms with Crippen LogP contribution in [0.5, 0.6) is 0 Å². The number of nitrogens with one attached hydrogen (secondary N) is 1. The molecule has 3 heterocycles. The summed E-state index contributed by atoms with van der Waals surface area (Å²) in [4.78, 5) is 31.2. The fraction of sp³-hybridized carbons (Fsp3) is 0.486. The number of pyridine rings is 1. The van der Waals surface area contributed by atoms with Gasteiger partial charge in [0.15, 0.2) is 0 Å². The minimum absolute atomic E-state index is 0.0219. The normalized spacial score (nSPS) is 23.7. The first-order valence-electron chi connectivity index (χ1n) is 16.9. The lowest BCUT2D eigenvalue weighted by Gasteiger charge is -2.29. The molecule has 1 atom stereocenters. The van der Waals surface area contributed by atoms with Crippen LogP contribution in [-0.2, 0) is 16.0 Å². The van der Waals surface area contributed by atoms with E-state index in [2.05, 4.69) is 22.5 Å². The lowest BCUT2D eigenvalue weighted by atomic mass is 9.85. The van der Waals surface area contributed by atoms with Crippen LogP contribution in [0.4, 0.5) is 0 Å². The van der Waals surface area contributed by atoms with Crippen molar-refractivity contribution in [2.24, 2.45) is 5.92 Å². The van der Waals surface area contributed by atoms with Crippen molar-refractivity contribution in [3.8, 4) is 0 Å². The molecule has 3 aromatic rings. The Morgan fingerprint density at radius 2 is 1.80 bits per heavy atom. The lowest BCUT2D eigenvalue weighted by molar-refractivity contribution is -0.00888. The quantitative estimate of drug-likeness (QED) is 0.273. The molecule has 2 fully saturated rings. The molecule has 8 nitrogen and oxygen atoms in total. The van der Waals surface area contributed by atoms with Crippen LogP contribution in [-0.4, -0.2) is 45.4 Å². The molecule has 0 unspecified atom stereocenters. The van der Waals surface area contributed by atoms with Gasteiger partial charge in [0.25, 0.3) is 5.91 Å². The van der Waals surface area contributed by atoms with E-state index in [1.807, 2.05) is 52.5 Å². The zero-order valence-corrected chi connectivity index (χ0v) is 27.5. The number of carbonyl (C=O) groups is 1. The van der Waals surface area contributed by atoms with Crippen LogP contribution in [0, 0.1) is 12.8 Å². The van der Waals surface area contributed by atoms with Crippen LogP contribution < -0.4 is 11.0 Å². The smallest absolute Gasteiger partial charge is 0.333 e. The van der Waals surface area contributed by atoms with E-state index in [4.69, 9.17) is 21.1 Å². The number of rotatable bonds is 8. The third-order valence-corrected chi connectivity index (χ3v) is 9.72. The van der Waals surface area contributed by atoms with Crippen molar-refractivity contribution in [1.29, 1.82) is 0 Å². The number of benzene rings is 1. The van der Waals surface area contributed by atoms with E-state index in [0.717, 1.165) is 80.5 Å². The van der Waals surface area contributed by atoms with Gasteiger partial charge in [-0.1, -0.05) is 49.1 Å². The number of ether oxygens (including phenoxy) is 2. The predicted molar refractivity (Wildman–Crippen MR) is 183 cm³/mol. The first-order chi connectivity index (χ1) is 22.5. The summed E-state index contributed by atoms with van der Waals surface area (Å²) in [5.74, 6) is 1.05. The molecule has 0 bridgehead atoms. The van der Waals surface area contributed by atoms with Gasteiger partial charge in [-0.2, -0.15) is 0 Å². The molecule has 1 saturated heterocycles. The molecule has 9 heteroatoms. The van der Waals surface area contributed by atoms with Crippen molar-refractivity contribution in [2.45, 2.75) is 96.2 Å². The molecule has 3 aliphatic rings. The Bertz CT molecular complexity index is 1670. The van der Waals surface area contributed by atoms with E-state index in [9.17, 15) is 9.59 Å². The Balaban J connectivity index is 1.12. The second-order valence-corrected chi connectivity index (χ2v) is 13.3. The summed E-state index contributed by atoms with van der Waals surface area (Å²) >= 11 is 6.08. The molecule has 1 N–H and O–H groups in total. The number of fused-ring (bicyclic) bond motifs is 1. The van der Waals surface area contributed by atoms with Crippen molar-refractivity contribution < 1.29 is 14.3 Å². The number of allylic oxidation sites excluding steroid dienone is 5. The zero-order valence-electron chi connectivity index (χ0n) is 26.8. The summed E-state index contributed by atoms with van der Waals surface area (Å²) < 4.78 is 16.0. The summed E-state index contributed by atoms with van der Waals surface area (Å²) in [6, 6.07) is 9.82. The summed E-state index contributed by atoms with van der Waals surface area (Å²) in [5.41, 5.74) is 3.88. The average Bonchev–Trinajstić information content (AvgIpc) is 3.30. The highest BCUT2D eigenvalue weighted by Crippen LogP contribution is 2.28. The van der Waals surface area contributed by atoms with Crippen molar-refractivity contribution in [1.82, 2.24) is 19.4 Å². The maximum absolute atomic E-state index is 14.1.